The summed E-state index contributed by atoms with van der Waals surface area (Å²) in [6.45, 7) is 0. The molecule has 1 heterocycles. The summed E-state index contributed by atoms with van der Waals surface area (Å²) in [7, 11) is 0. The van der Waals surface area contributed by atoms with Crippen molar-refractivity contribution in [2.75, 3.05) is 5.73 Å². The Bertz CT molecular complexity index is 970. The van der Waals surface area contributed by atoms with Gasteiger partial charge in [0.15, 0.2) is 5.69 Å². The van der Waals surface area contributed by atoms with Crippen molar-refractivity contribution in [3.63, 3.8) is 0 Å². The van der Waals surface area contributed by atoms with Crippen LogP contribution in [0.2, 0.25) is 0 Å². The van der Waals surface area contributed by atoms with Crippen LogP contribution in [0, 0.1) is 0 Å². The molecular weight excluding hydrogens is 335 g/mol. The molecule has 6 nitrogen and oxygen atoms in total. The van der Waals surface area contributed by atoms with Gasteiger partial charge in [0.25, 0.3) is 5.56 Å². The van der Waals surface area contributed by atoms with Gasteiger partial charge in [0.1, 0.15) is 0 Å². The third-order valence-electron chi connectivity index (χ3n) is 3.42. The molecule has 0 amide bonds. The molecule has 25 heavy (non-hydrogen) atoms. The summed E-state index contributed by atoms with van der Waals surface area (Å²) >= 11 is 0. The summed E-state index contributed by atoms with van der Waals surface area (Å²) in [5.74, 6) is 0. The van der Waals surface area contributed by atoms with Crippen molar-refractivity contribution in [1.29, 1.82) is 0 Å². The van der Waals surface area contributed by atoms with Crippen molar-refractivity contribution in [1.82, 2.24) is 10.2 Å². The fraction of sp³-hybridized carbons (Fsp3) is 0.0625. The molecule has 2 aromatic carbocycles. The zero-order chi connectivity index (χ0) is 18.0. The highest BCUT2D eigenvalue weighted by Crippen LogP contribution is 2.37. The van der Waals surface area contributed by atoms with Gasteiger partial charge in [-0.3, -0.25) is 15.0 Å². The number of rotatable bonds is 3. The van der Waals surface area contributed by atoms with E-state index in [0.29, 0.717) is 16.9 Å². The Morgan fingerprint density at radius 2 is 1.60 bits per heavy atom. The summed E-state index contributed by atoms with van der Waals surface area (Å²) in [5.41, 5.74) is 5.01. The van der Waals surface area contributed by atoms with Gasteiger partial charge in [0, 0.05) is 11.3 Å². The van der Waals surface area contributed by atoms with Gasteiger partial charge >= 0.3 is 6.18 Å². The number of nitrogens with one attached hydrogen (secondary N) is 2. The Kier molecular flexibility index (Phi) is 4.14. The number of azo groups is 1. The van der Waals surface area contributed by atoms with Crippen LogP contribution >= 0.6 is 0 Å². The van der Waals surface area contributed by atoms with Gasteiger partial charge in [0.05, 0.1) is 16.9 Å². The normalized spacial score (nSPS) is 12.0. The average Bonchev–Trinajstić information content (AvgIpc) is 2.94. The minimum Gasteiger partial charge on any atom is -0.399 e. The second-order valence-electron chi connectivity index (χ2n) is 5.14. The van der Waals surface area contributed by atoms with Gasteiger partial charge in [-0.1, -0.05) is 24.3 Å². The molecule has 0 aliphatic rings. The zero-order valence-corrected chi connectivity index (χ0v) is 12.6. The first-order valence-corrected chi connectivity index (χ1v) is 7.11. The molecule has 0 spiro atoms. The first-order chi connectivity index (χ1) is 11.9. The minimum absolute atomic E-state index is 0.123. The van der Waals surface area contributed by atoms with E-state index in [4.69, 9.17) is 5.73 Å². The number of hydrogen-bond acceptors (Lipinski definition) is 4. The SMILES string of the molecule is Nc1ccc(-c2[nH][nH]c(=O)c2N=Nc2ccccc2C(F)(F)F)cc1. The van der Waals surface area contributed by atoms with Crippen molar-refractivity contribution in [2.24, 2.45) is 10.2 Å². The van der Waals surface area contributed by atoms with Crippen molar-refractivity contribution in [3.8, 4) is 11.3 Å². The second kappa shape index (κ2) is 6.27. The molecule has 4 N–H and O–H groups in total. The molecule has 0 atom stereocenters. The molecule has 0 fully saturated rings. The third-order valence-corrected chi connectivity index (χ3v) is 3.42. The molecule has 0 saturated carbocycles. The predicted molar refractivity (Wildman–Crippen MR) is 86.9 cm³/mol. The highest BCUT2D eigenvalue weighted by atomic mass is 19.4. The summed E-state index contributed by atoms with van der Waals surface area (Å²) in [5, 5.41) is 12.3. The number of aromatic nitrogens is 2. The van der Waals surface area contributed by atoms with E-state index in [2.05, 4.69) is 20.4 Å². The molecule has 0 aliphatic heterocycles. The molecule has 1 aromatic heterocycles. The van der Waals surface area contributed by atoms with Crippen LogP contribution in [0.1, 0.15) is 5.56 Å². The van der Waals surface area contributed by atoms with Crippen LogP contribution in [-0.2, 0) is 6.18 Å². The van der Waals surface area contributed by atoms with E-state index in [-0.39, 0.29) is 11.4 Å². The van der Waals surface area contributed by atoms with Gasteiger partial charge in [-0.05, 0) is 24.3 Å². The Hall–Kier alpha value is -3.36. The molecule has 0 unspecified atom stereocenters. The van der Waals surface area contributed by atoms with Gasteiger partial charge in [0.2, 0.25) is 0 Å². The molecule has 0 saturated heterocycles. The lowest BCUT2D eigenvalue weighted by atomic mass is 10.1. The first kappa shape index (κ1) is 16.5. The van der Waals surface area contributed by atoms with Crippen LogP contribution in [0.5, 0.6) is 0 Å². The lowest BCUT2D eigenvalue weighted by Crippen LogP contribution is -2.04. The number of anilines is 1. The smallest absolute Gasteiger partial charge is 0.399 e. The average molecular weight is 347 g/mol. The molecular formula is C16H12F3N5O. The van der Waals surface area contributed by atoms with E-state index in [9.17, 15) is 18.0 Å². The standard InChI is InChI=1S/C16H12F3N5O/c17-16(18,19)11-3-1-2-4-12(11)21-23-14-13(22-24-15(14)25)9-5-7-10(20)8-6-9/h1-8H,20H2,(H2,22,24,25). The Morgan fingerprint density at radius 3 is 2.28 bits per heavy atom. The molecule has 0 aliphatic carbocycles. The van der Waals surface area contributed by atoms with Gasteiger partial charge in [-0.15, -0.1) is 10.2 Å². The van der Waals surface area contributed by atoms with Crippen LogP contribution in [-0.4, -0.2) is 10.2 Å². The quantitative estimate of drug-likeness (QED) is 0.484. The van der Waals surface area contributed by atoms with Crippen molar-refractivity contribution < 1.29 is 13.2 Å². The van der Waals surface area contributed by atoms with E-state index < -0.39 is 17.3 Å². The van der Waals surface area contributed by atoms with Gasteiger partial charge < -0.3 is 5.73 Å². The Labute approximate surface area is 139 Å². The zero-order valence-electron chi connectivity index (χ0n) is 12.6. The number of nitrogens with zero attached hydrogens (tertiary/aromatic N) is 2. The number of halogens is 3. The predicted octanol–water partition coefficient (Wildman–Crippen LogP) is 4.39. The van der Waals surface area contributed by atoms with Crippen molar-refractivity contribution in [3.05, 3.63) is 64.4 Å². The van der Waals surface area contributed by atoms with E-state index in [1.54, 1.807) is 24.3 Å². The monoisotopic (exact) mass is 347 g/mol. The number of benzene rings is 2. The third kappa shape index (κ3) is 3.44. The van der Waals surface area contributed by atoms with Crippen LogP contribution in [0.3, 0.4) is 0 Å². The number of H-pyrrole nitrogens is 2. The van der Waals surface area contributed by atoms with E-state index in [1.807, 2.05) is 0 Å². The lowest BCUT2D eigenvalue weighted by Gasteiger charge is -2.08. The maximum Gasteiger partial charge on any atom is 0.418 e. The fourth-order valence-electron chi connectivity index (χ4n) is 2.21. The lowest BCUT2D eigenvalue weighted by molar-refractivity contribution is -0.137. The number of hydrogen-bond donors (Lipinski definition) is 3. The maximum atomic E-state index is 13.0. The van der Waals surface area contributed by atoms with Gasteiger partial charge in [-0.25, -0.2) is 0 Å². The van der Waals surface area contributed by atoms with Crippen LogP contribution < -0.4 is 11.3 Å². The summed E-state index contributed by atoms with van der Waals surface area (Å²) < 4.78 is 39.0. The van der Waals surface area contributed by atoms with E-state index in [1.165, 1.54) is 18.2 Å². The molecule has 9 heteroatoms. The van der Waals surface area contributed by atoms with Crippen LogP contribution in [0.25, 0.3) is 11.3 Å². The number of aromatic amines is 2. The Morgan fingerprint density at radius 1 is 0.920 bits per heavy atom. The maximum absolute atomic E-state index is 13.0. The number of nitrogens with two attached hydrogens (primary N) is 1. The van der Waals surface area contributed by atoms with Crippen molar-refractivity contribution in [2.45, 2.75) is 6.18 Å². The largest absolute Gasteiger partial charge is 0.418 e. The summed E-state index contributed by atoms with van der Waals surface area (Å²) in [4.78, 5) is 11.9. The molecule has 3 aromatic rings. The highest BCUT2D eigenvalue weighted by Gasteiger charge is 2.33. The van der Waals surface area contributed by atoms with E-state index in [0.717, 1.165) is 6.07 Å². The topological polar surface area (TPSA) is 99.4 Å². The molecule has 128 valence electrons. The molecule has 0 bridgehead atoms. The molecule has 3 rings (SSSR count). The van der Waals surface area contributed by atoms with Crippen molar-refractivity contribution >= 4 is 17.1 Å². The van der Waals surface area contributed by atoms with Crippen LogP contribution in [0.4, 0.5) is 30.2 Å². The fourth-order valence-corrected chi connectivity index (χ4v) is 2.21. The summed E-state index contributed by atoms with van der Waals surface area (Å²) in [6, 6.07) is 11.3. The number of nitrogen functional groups attached to an aromatic ring is 1. The van der Waals surface area contributed by atoms with Gasteiger partial charge in [-0.2, -0.15) is 13.2 Å². The van der Waals surface area contributed by atoms with E-state index >= 15 is 0 Å². The molecule has 0 radical (unpaired) electrons. The summed E-state index contributed by atoms with van der Waals surface area (Å²) in [6.07, 6.45) is -4.57. The minimum atomic E-state index is -4.57. The van der Waals surface area contributed by atoms with Crippen LogP contribution in [0.15, 0.2) is 63.6 Å². The Balaban J connectivity index is 2.03. The first-order valence-electron chi connectivity index (χ1n) is 7.11. The number of alkyl halides is 3. The highest BCUT2D eigenvalue weighted by molar-refractivity contribution is 5.72. The second-order valence-corrected chi connectivity index (χ2v) is 5.14.